The van der Waals surface area contributed by atoms with Crippen molar-refractivity contribution in [2.45, 2.75) is 63.2 Å². The summed E-state index contributed by atoms with van der Waals surface area (Å²) in [6.07, 6.45) is 2.30. The van der Waals surface area contributed by atoms with Crippen LogP contribution >= 0.6 is 11.3 Å². The number of carboxylic acid groups (broad SMARTS) is 1. The van der Waals surface area contributed by atoms with Gasteiger partial charge < -0.3 is 20.0 Å². The highest BCUT2D eigenvalue weighted by molar-refractivity contribution is 7.14. The average molecular weight is 598 g/mol. The van der Waals surface area contributed by atoms with Gasteiger partial charge in [0.05, 0.1) is 0 Å². The number of nitrogens with one attached hydrogen (secondary N) is 1. The molecule has 1 heterocycles. The zero-order valence-electron chi connectivity index (χ0n) is 24.4. The van der Waals surface area contributed by atoms with E-state index in [4.69, 9.17) is 9.57 Å². The first kappa shape index (κ1) is 30.0. The maximum absolute atomic E-state index is 13.1. The number of carboxylic acids is 1. The number of ether oxygens (including phenoxy) is 1. The normalized spacial score (nSPS) is 15.1. The minimum absolute atomic E-state index is 0.125. The lowest BCUT2D eigenvalue weighted by Crippen LogP contribution is -2.43. The van der Waals surface area contributed by atoms with Gasteiger partial charge >= 0.3 is 11.9 Å². The molecule has 4 aromatic rings. The quantitative estimate of drug-likeness (QED) is 0.0876. The second-order valence-corrected chi connectivity index (χ2v) is 12.4. The first-order chi connectivity index (χ1) is 20.6. The molecule has 1 fully saturated rings. The van der Waals surface area contributed by atoms with Crippen LogP contribution in [0, 0.1) is 0 Å². The van der Waals surface area contributed by atoms with Gasteiger partial charge in [-0.05, 0) is 50.3 Å². The molecule has 0 unspecified atom stereocenters. The van der Waals surface area contributed by atoms with E-state index in [1.54, 1.807) is 26.2 Å². The van der Waals surface area contributed by atoms with Gasteiger partial charge in [-0.15, -0.1) is 11.3 Å². The van der Waals surface area contributed by atoms with Gasteiger partial charge in [-0.3, -0.25) is 0 Å². The lowest BCUT2D eigenvalue weighted by atomic mass is 9.77. The number of anilines is 1. The van der Waals surface area contributed by atoms with Gasteiger partial charge in [-0.1, -0.05) is 96.2 Å². The Hall–Kier alpha value is -4.50. The number of aliphatic carboxylic acids is 1. The van der Waals surface area contributed by atoms with Crippen molar-refractivity contribution in [1.82, 2.24) is 4.98 Å². The van der Waals surface area contributed by atoms with Crippen molar-refractivity contribution in [3.63, 3.8) is 0 Å². The summed E-state index contributed by atoms with van der Waals surface area (Å²) in [6.45, 7) is 5.34. The predicted molar refractivity (Wildman–Crippen MR) is 167 cm³/mol. The van der Waals surface area contributed by atoms with Crippen LogP contribution in [0.2, 0.25) is 0 Å². The zero-order valence-corrected chi connectivity index (χ0v) is 25.3. The molecule has 1 aliphatic carbocycles. The van der Waals surface area contributed by atoms with Crippen LogP contribution in [0.1, 0.15) is 68.8 Å². The molecular formula is C34H35N3O5S. The van der Waals surface area contributed by atoms with Gasteiger partial charge in [0, 0.05) is 18.2 Å². The fourth-order valence-electron chi connectivity index (χ4n) is 5.36. The van der Waals surface area contributed by atoms with Crippen molar-refractivity contribution in [1.29, 1.82) is 0 Å². The van der Waals surface area contributed by atoms with Crippen LogP contribution in [-0.4, -0.2) is 38.9 Å². The number of rotatable bonds is 10. The summed E-state index contributed by atoms with van der Waals surface area (Å²) >= 11 is 1.26. The fourth-order valence-corrected chi connectivity index (χ4v) is 6.11. The maximum Gasteiger partial charge on any atom is 0.360 e. The third-order valence-corrected chi connectivity index (χ3v) is 8.12. The Kier molecular flexibility index (Phi) is 8.64. The fraction of sp³-hybridized carbons (Fsp3) is 0.294. The summed E-state index contributed by atoms with van der Waals surface area (Å²) < 4.78 is 5.60. The van der Waals surface area contributed by atoms with Crippen molar-refractivity contribution in [3.05, 3.63) is 119 Å². The number of hydrogen-bond acceptors (Lipinski definition) is 8. The largest absolute Gasteiger partial charge is 0.476 e. The molecule has 8 nitrogen and oxygen atoms in total. The first-order valence-electron chi connectivity index (χ1n) is 14.3. The molecular weight excluding hydrogens is 562 g/mol. The molecule has 222 valence electrons. The van der Waals surface area contributed by atoms with E-state index in [0.29, 0.717) is 18.0 Å². The Morgan fingerprint density at radius 1 is 0.860 bits per heavy atom. The molecule has 43 heavy (non-hydrogen) atoms. The Labute approximate surface area is 255 Å². The molecule has 0 spiro atoms. The standard InChI is InChI=1S/C34H35N3O5S/c1-32(2,3)41-30(40)33(21-13-14-22-33)42-37-28(29(38)39)27-23-43-31(35-27)36-34(24-15-7-4-8-16-24,25-17-9-5-10-18-25)26-19-11-6-12-20-26/h4-12,15-20,23H,13-14,21-22H2,1-3H3,(H,35,36)(H,38,39). The molecule has 0 saturated heterocycles. The minimum Gasteiger partial charge on any atom is -0.476 e. The topological polar surface area (TPSA) is 110 Å². The lowest BCUT2D eigenvalue weighted by Gasteiger charge is -2.36. The van der Waals surface area contributed by atoms with E-state index in [0.717, 1.165) is 29.5 Å². The summed E-state index contributed by atoms with van der Waals surface area (Å²) in [5.41, 5.74) is -0.174. The molecule has 5 rings (SSSR count). The summed E-state index contributed by atoms with van der Waals surface area (Å²) in [6, 6.07) is 30.1. The van der Waals surface area contributed by atoms with Crippen LogP contribution in [-0.2, 0) is 24.7 Å². The van der Waals surface area contributed by atoms with Crippen LogP contribution < -0.4 is 5.32 Å². The van der Waals surface area contributed by atoms with E-state index in [9.17, 15) is 14.7 Å². The zero-order chi connectivity index (χ0) is 30.5. The molecule has 9 heteroatoms. The van der Waals surface area contributed by atoms with E-state index in [1.807, 2.05) is 54.6 Å². The number of esters is 1. The predicted octanol–water partition coefficient (Wildman–Crippen LogP) is 7.01. The van der Waals surface area contributed by atoms with Crippen LogP contribution in [0.5, 0.6) is 0 Å². The van der Waals surface area contributed by atoms with E-state index in [2.05, 4.69) is 51.9 Å². The number of carbonyl (C=O) groups is 2. The molecule has 0 radical (unpaired) electrons. The van der Waals surface area contributed by atoms with E-state index in [-0.39, 0.29) is 11.4 Å². The number of carbonyl (C=O) groups excluding carboxylic acids is 1. The third-order valence-electron chi connectivity index (χ3n) is 7.36. The first-order valence-corrected chi connectivity index (χ1v) is 15.1. The van der Waals surface area contributed by atoms with Crippen molar-refractivity contribution in [2.24, 2.45) is 5.16 Å². The average Bonchev–Trinajstić information content (AvgIpc) is 3.67. The van der Waals surface area contributed by atoms with Crippen molar-refractivity contribution < 1.29 is 24.3 Å². The van der Waals surface area contributed by atoms with Crippen molar-refractivity contribution in [3.8, 4) is 0 Å². The summed E-state index contributed by atoms with van der Waals surface area (Å²) in [5, 5.41) is 19.9. The number of hydrogen-bond donors (Lipinski definition) is 2. The van der Waals surface area contributed by atoms with E-state index in [1.165, 1.54) is 11.3 Å². The van der Waals surface area contributed by atoms with Gasteiger partial charge in [-0.25, -0.2) is 14.6 Å². The van der Waals surface area contributed by atoms with Crippen LogP contribution in [0.15, 0.2) is 102 Å². The monoisotopic (exact) mass is 597 g/mol. The number of aromatic nitrogens is 1. The molecule has 3 aromatic carbocycles. The Morgan fingerprint density at radius 2 is 1.35 bits per heavy atom. The molecule has 1 aliphatic rings. The van der Waals surface area contributed by atoms with Crippen molar-refractivity contribution >= 4 is 34.1 Å². The minimum atomic E-state index is -1.33. The highest BCUT2D eigenvalue weighted by Crippen LogP contribution is 2.41. The van der Waals surface area contributed by atoms with Gasteiger partial charge in [0.15, 0.2) is 5.13 Å². The Morgan fingerprint density at radius 3 is 1.79 bits per heavy atom. The molecule has 0 amide bonds. The summed E-state index contributed by atoms with van der Waals surface area (Å²) in [4.78, 5) is 35.9. The molecule has 1 saturated carbocycles. The number of benzene rings is 3. The van der Waals surface area contributed by atoms with Crippen LogP contribution in [0.4, 0.5) is 5.13 Å². The number of thiazole rings is 1. The number of nitrogens with zero attached hydrogens (tertiary/aromatic N) is 2. The van der Waals surface area contributed by atoms with Crippen molar-refractivity contribution in [2.75, 3.05) is 5.32 Å². The second kappa shape index (κ2) is 12.4. The molecule has 2 N–H and O–H groups in total. The van der Waals surface area contributed by atoms with Crippen LogP contribution in [0.25, 0.3) is 0 Å². The highest BCUT2D eigenvalue weighted by Gasteiger charge is 2.47. The second-order valence-electron chi connectivity index (χ2n) is 11.6. The Bertz CT molecular complexity index is 1480. The number of oxime groups is 1. The molecule has 0 atom stereocenters. The Balaban J connectivity index is 1.53. The highest BCUT2D eigenvalue weighted by atomic mass is 32.1. The summed E-state index contributed by atoms with van der Waals surface area (Å²) in [5.74, 6) is -1.85. The van der Waals surface area contributed by atoms with Crippen LogP contribution in [0.3, 0.4) is 0 Å². The SMILES string of the molecule is CC(C)(C)OC(=O)C1(ON=C(C(=O)O)c2csc(NC(c3ccccc3)(c3ccccc3)c3ccccc3)n2)CCCC1. The third kappa shape index (κ3) is 6.46. The van der Waals surface area contributed by atoms with Gasteiger partial charge in [0.25, 0.3) is 0 Å². The van der Waals surface area contributed by atoms with E-state index >= 15 is 0 Å². The molecule has 0 aliphatic heterocycles. The van der Waals surface area contributed by atoms with Gasteiger partial charge in [-0.2, -0.15) is 0 Å². The van der Waals surface area contributed by atoms with E-state index < -0.39 is 28.7 Å². The van der Waals surface area contributed by atoms with Gasteiger partial charge in [0.1, 0.15) is 16.8 Å². The molecule has 1 aromatic heterocycles. The smallest absolute Gasteiger partial charge is 0.360 e. The molecule has 0 bridgehead atoms. The van der Waals surface area contributed by atoms with Gasteiger partial charge in [0.2, 0.25) is 11.3 Å². The maximum atomic E-state index is 13.1. The lowest BCUT2D eigenvalue weighted by molar-refractivity contribution is -0.183. The summed E-state index contributed by atoms with van der Waals surface area (Å²) in [7, 11) is 0.